The number of amides is 1. The Morgan fingerprint density at radius 1 is 1.04 bits per heavy atom. The molecule has 2 aromatic carbocycles. The number of rotatable bonds is 7. The monoisotopic (exact) mass is 367 g/mol. The zero-order chi connectivity index (χ0) is 19.2. The highest BCUT2D eigenvalue weighted by Gasteiger charge is 2.24. The molecule has 2 aromatic rings. The van der Waals surface area contributed by atoms with Gasteiger partial charge in [-0.1, -0.05) is 18.2 Å². The number of fused-ring (bicyclic) bond motifs is 1. The second-order valence-corrected chi connectivity index (χ2v) is 6.26. The Bertz CT molecular complexity index is 844. The summed E-state index contributed by atoms with van der Waals surface area (Å²) >= 11 is 0. The summed E-state index contributed by atoms with van der Waals surface area (Å²) in [4.78, 5) is 37.0. The number of benzene rings is 2. The molecule has 1 heterocycles. The summed E-state index contributed by atoms with van der Waals surface area (Å²) in [5, 5.41) is 0. The van der Waals surface area contributed by atoms with Crippen molar-refractivity contribution in [2.75, 3.05) is 24.7 Å². The van der Waals surface area contributed by atoms with E-state index in [9.17, 15) is 14.4 Å². The first kappa shape index (κ1) is 18.6. The Balaban J connectivity index is 1.40. The van der Waals surface area contributed by atoms with E-state index in [1.54, 1.807) is 29.2 Å². The van der Waals surface area contributed by atoms with Crippen LogP contribution in [0.4, 0.5) is 5.69 Å². The number of Topliss-reactive ketones (excluding diaryl/α,β-unsaturated/α-hetero) is 1. The quantitative estimate of drug-likeness (QED) is 0.556. The molecule has 6 nitrogen and oxygen atoms in total. The van der Waals surface area contributed by atoms with Gasteiger partial charge in [-0.2, -0.15) is 0 Å². The summed E-state index contributed by atoms with van der Waals surface area (Å²) in [5.41, 5.74) is 2.61. The third-order valence-corrected chi connectivity index (χ3v) is 4.38. The van der Waals surface area contributed by atoms with E-state index in [-0.39, 0.29) is 31.3 Å². The van der Waals surface area contributed by atoms with E-state index >= 15 is 0 Å². The minimum absolute atomic E-state index is 0.0181. The van der Waals surface area contributed by atoms with E-state index in [4.69, 9.17) is 9.47 Å². The van der Waals surface area contributed by atoms with Crippen LogP contribution in [0.2, 0.25) is 0 Å². The van der Waals surface area contributed by atoms with Gasteiger partial charge < -0.3 is 14.4 Å². The summed E-state index contributed by atoms with van der Waals surface area (Å²) in [5.74, 6) is -0.168. The molecule has 0 fully saturated rings. The highest BCUT2D eigenvalue weighted by atomic mass is 16.5. The lowest BCUT2D eigenvalue weighted by Crippen LogP contribution is -2.33. The van der Waals surface area contributed by atoms with Gasteiger partial charge in [-0.05, 0) is 49.2 Å². The van der Waals surface area contributed by atoms with Gasteiger partial charge in [0.15, 0.2) is 12.4 Å². The first-order chi connectivity index (χ1) is 13.0. The van der Waals surface area contributed by atoms with Crippen LogP contribution in [-0.2, 0) is 20.7 Å². The van der Waals surface area contributed by atoms with E-state index in [1.807, 2.05) is 24.3 Å². The Kier molecular flexibility index (Phi) is 5.86. The van der Waals surface area contributed by atoms with Gasteiger partial charge in [0.05, 0.1) is 13.0 Å². The smallest absolute Gasteiger partial charge is 0.309 e. The Morgan fingerprint density at radius 2 is 1.78 bits per heavy atom. The molecule has 3 rings (SSSR count). The normalized spacial score (nSPS) is 12.4. The first-order valence-corrected chi connectivity index (χ1v) is 8.82. The largest absolute Gasteiger partial charge is 0.493 e. The van der Waals surface area contributed by atoms with Crippen molar-refractivity contribution in [3.05, 3.63) is 59.7 Å². The van der Waals surface area contributed by atoms with Crippen LogP contribution in [0.1, 0.15) is 29.3 Å². The van der Waals surface area contributed by atoms with Gasteiger partial charge in [-0.15, -0.1) is 0 Å². The highest BCUT2D eigenvalue weighted by molar-refractivity contribution is 5.97. The number of para-hydroxylation sites is 1. The number of anilines is 1. The molecule has 0 aliphatic carbocycles. The van der Waals surface area contributed by atoms with E-state index in [2.05, 4.69) is 0 Å². The number of carbonyl (C=O) groups excluding carboxylic acids is 3. The molecule has 27 heavy (non-hydrogen) atoms. The summed E-state index contributed by atoms with van der Waals surface area (Å²) < 4.78 is 10.5. The number of nitrogens with zero attached hydrogens (tertiary/aromatic N) is 1. The molecule has 0 saturated heterocycles. The molecule has 140 valence electrons. The van der Waals surface area contributed by atoms with Crippen LogP contribution in [0.3, 0.4) is 0 Å². The summed E-state index contributed by atoms with van der Waals surface area (Å²) in [6, 6.07) is 14.4. The number of ketones is 1. The first-order valence-electron chi connectivity index (χ1n) is 8.82. The number of esters is 1. The van der Waals surface area contributed by atoms with Crippen LogP contribution in [0, 0.1) is 0 Å². The van der Waals surface area contributed by atoms with Crippen LogP contribution in [-0.4, -0.2) is 37.4 Å². The lowest BCUT2D eigenvalue weighted by molar-refractivity contribution is -0.148. The minimum Gasteiger partial charge on any atom is -0.493 e. The van der Waals surface area contributed by atoms with Crippen molar-refractivity contribution in [1.82, 2.24) is 0 Å². The standard InChI is InChI=1S/C21H21NO5/c1-15(23)16-6-8-18(9-7-16)26-13-11-21(25)27-14-20(24)22-12-10-17-4-2-3-5-19(17)22/h2-9H,10-14H2,1H3. The van der Waals surface area contributed by atoms with Crippen LogP contribution < -0.4 is 9.64 Å². The van der Waals surface area contributed by atoms with Crippen LogP contribution in [0.15, 0.2) is 48.5 Å². The van der Waals surface area contributed by atoms with Crippen LogP contribution in [0.5, 0.6) is 5.75 Å². The SMILES string of the molecule is CC(=O)c1ccc(OCCC(=O)OCC(=O)N2CCc3ccccc32)cc1. The van der Waals surface area contributed by atoms with Crippen molar-refractivity contribution in [1.29, 1.82) is 0 Å². The molecule has 0 unspecified atom stereocenters. The zero-order valence-electron chi connectivity index (χ0n) is 15.1. The Morgan fingerprint density at radius 3 is 2.52 bits per heavy atom. The molecule has 0 aromatic heterocycles. The van der Waals surface area contributed by atoms with Crippen molar-refractivity contribution in [3.8, 4) is 5.75 Å². The Labute approximate surface area is 157 Å². The highest BCUT2D eigenvalue weighted by Crippen LogP contribution is 2.27. The Hall–Kier alpha value is -3.15. The maximum absolute atomic E-state index is 12.3. The van der Waals surface area contributed by atoms with Gasteiger partial charge in [-0.3, -0.25) is 14.4 Å². The predicted molar refractivity (Wildman–Crippen MR) is 100 cm³/mol. The van der Waals surface area contributed by atoms with Gasteiger partial charge in [0.25, 0.3) is 5.91 Å². The molecule has 1 amide bonds. The van der Waals surface area contributed by atoms with E-state index < -0.39 is 5.97 Å². The fraction of sp³-hybridized carbons (Fsp3) is 0.286. The summed E-state index contributed by atoms with van der Waals surface area (Å²) in [6.45, 7) is 1.96. The molecule has 0 spiro atoms. The van der Waals surface area contributed by atoms with Crippen molar-refractivity contribution >= 4 is 23.3 Å². The molecule has 6 heteroatoms. The average Bonchev–Trinajstić information content (AvgIpc) is 3.11. The molecule has 1 aliphatic rings. The van der Waals surface area contributed by atoms with Crippen LogP contribution in [0.25, 0.3) is 0 Å². The summed E-state index contributed by atoms with van der Waals surface area (Å²) in [7, 11) is 0. The lowest BCUT2D eigenvalue weighted by atomic mass is 10.1. The predicted octanol–water partition coefficient (Wildman–Crippen LogP) is 2.79. The molecular weight excluding hydrogens is 346 g/mol. The third-order valence-electron chi connectivity index (χ3n) is 4.38. The van der Waals surface area contributed by atoms with Crippen molar-refractivity contribution in [2.24, 2.45) is 0 Å². The van der Waals surface area contributed by atoms with Gasteiger partial charge in [0, 0.05) is 17.8 Å². The molecular formula is C21H21NO5. The third kappa shape index (κ3) is 4.73. The van der Waals surface area contributed by atoms with Gasteiger partial charge in [0.2, 0.25) is 0 Å². The molecule has 0 N–H and O–H groups in total. The van der Waals surface area contributed by atoms with E-state index in [0.717, 1.165) is 17.7 Å². The number of hydrogen-bond donors (Lipinski definition) is 0. The molecule has 0 radical (unpaired) electrons. The molecule has 1 aliphatic heterocycles. The second-order valence-electron chi connectivity index (χ2n) is 6.26. The molecule has 0 saturated carbocycles. The van der Waals surface area contributed by atoms with Gasteiger partial charge in [-0.25, -0.2) is 0 Å². The van der Waals surface area contributed by atoms with Gasteiger partial charge >= 0.3 is 5.97 Å². The van der Waals surface area contributed by atoms with Crippen molar-refractivity contribution in [2.45, 2.75) is 19.8 Å². The molecule has 0 atom stereocenters. The summed E-state index contributed by atoms with van der Waals surface area (Å²) in [6.07, 6.45) is 0.852. The lowest BCUT2D eigenvalue weighted by Gasteiger charge is -2.17. The topological polar surface area (TPSA) is 72.9 Å². The minimum atomic E-state index is -0.490. The zero-order valence-corrected chi connectivity index (χ0v) is 15.1. The van der Waals surface area contributed by atoms with Crippen molar-refractivity contribution in [3.63, 3.8) is 0 Å². The maximum atomic E-state index is 12.3. The van der Waals surface area contributed by atoms with Crippen LogP contribution >= 0.6 is 0 Å². The molecule has 0 bridgehead atoms. The number of hydrogen-bond acceptors (Lipinski definition) is 5. The maximum Gasteiger partial charge on any atom is 0.309 e. The fourth-order valence-corrected chi connectivity index (χ4v) is 2.93. The van der Waals surface area contributed by atoms with Gasteiger partial charge in [0.1, 0.15) is 5.75 Å². The van der Waals surface area contributed by atoms with Crippen molar-refractivity contribution < 1.29 is 23.9 Å². The van der Waals surface area contributed by atoms with E-state index in [1.165, 1.54) is 6.92 Å². The number of ether oxygens (including phenoxy) is 2. The van der Waals surface area contributed by atoms with E-state index in [0.29, 0.717) is 17.9 Å². The fourth-order valence-electron chi connectivity index (χ4n) is 2.93. The average molecular weight is 367 g/mol. The number of carbonyl (C=O) groups is 3. The second kappa shape index (κ2) is 8.49.